The van der Waals surface area contributed by atoms with Crippen molar-refractivity contribution >= 4 is 17.9 Å². The fourth-order valence-corrected chi connectivity index (χ4v) is 4.00. The van der Waals surface area contributed by atoms with Gasteiger partial charge in [-0.25, -0.2) is 4.79 Å². The fraction of sp³-hybridized carbons (Fsp3) is 0.500. The van der Waals surface area contributed by atoms with Gasteiger partial charge in [0, 0.05) is 23.5 Å². The number of likely N-dealkylation sites (tertiary alicyclic amines) is 1. The van der Waals surface area contributed by atoms with Crippen LogP contribution in [-0.4, -0.2) is 47.5 Å². The fourth-order valence-electron chi connectivity index (χ4n) is 3.50. The molecule has 1 amide bonds. The highest BCUT2D eigenvalue weighted by Gasteiger charge is 2.27. The van der Waals surface area contributed by atoms with Crippen molar-refractivity contribution in [3.63, 3.8) is 0 Å². The number of amides is 1. The average Bonchev–Trinajstić information content (AvgIpc) is 2.72. The SMILES string of the molecule is CSc1ccc(-c2ccc(OCC3CCN(C(=O)OC(C)(C)C)CC3)cn2)c(C)c1. The largest absolute Gasteiger partial charge is 0.492 e. The molecule has 5 nitrogen and oxygen atoms in total. The van der Waals surface area contributed by atoms with Crippen molar-refractivity contribution in [2.75, 3.05) is 26.0 Å². The summed E-state index contributed by atoms with van der Waals surface area (Å²) < 4.78 is 11.4. The van der Waals surface area contributed by atoms with Crippen molar-refractivity contribution in [3.05, 3.63) is 42.1 Å². The molecule has 2 aromatic rings. The van der Waals surface area contributed by atoms with Gasteiger partial charge in [0.1, 0.15) is 11.4 Å². The van der Waals surface area contributed by atoms with Crippen molar-refractivity contribution < 1.29 is 14.3 Å². The highest BCUT2D eigenvalue weighted by Crippen LogP contribution is 2.27. The van der Waals surface area contributed by atoms with E-state index in [1.807, 2.05) is 32.9 Å². The summed E-state index contributed by atoms with van der Waals surface area (Å²) in [5.41, 5.74) is 2.87. The van der Waals surface area contributed by atoms with E-state index in [4.69, 9.17) is 9.47 Å². The van der Waals surface area contributed by atoms with Crippen molar-refractivity contribution in [2.24, 2.45) is 5.92 Å². The average molecular weight is 429 g/mol. The first-order valence-corrected chi connectivity index (χ1v) is 11.7. The summed E-state index contributed by atoms with van der Waals surface area (Å²) in [6.45, 7) is 9.87. The zero-order valence-corrected chi connectivity index (χ0v) is 19.4. The Morgan fingerprint density at radius 3 is 2.50 bits per heavy atom. The standard InChI is InChI=1S/C24H32N2O3S/c1-17-14-20(30-5)7-8-21(17)22-9-6-19(15-25-22)28-16-18-10-12-26(13-11-18)23(27)29-24(2,3)4/h6-9,14-15,18H,10-13,16H2,1-5H3. The number of aryl methyl sites for hydroxylation is 1. The number of benzene rings is 1. The minimum atomic E-state index is -0.453. The van der Waals surface area contributed by atoms with E-state index in [0.717, 1.165) is 29.8 Å². The van der Waals surface area contributed by atoms with Crippen LogP contribution in [0.15, 0.2) is 41.4 Å². The second-order valence-electron chi connectivity index (χ2n) is 8.78. The van der Waals surface area contributed by atoms with Gasteiger partial charge in [-0.15, -0.1) is 11.8 Å². The van der Waals surface area contributed by atoms with E-state index in [1.165, 1.54) is 10.5 Å². The molecule has 1 saturated heterocycles. The summed E-state index contributed by atoms with van der Waals surface area (Å²) in [6, 6.07) is 10.4. The quantitative estimate of drug-likeness (QED) is 0.563. The number of carbonyl (C=O) groups is 1. The highest BCUT2D eigenvalue weighted by atomic mass is 32.2. The number of aromatic nitrogens is 1. The van der Waals surface area contributed by atoms with E-state index >= 15 is 0 Å². The van der Waals surface area contributed by atoms with E-state index in [9.17, 15) is 4.79 Å². The maximum Gasteiger partial charge on any atom is 0.410 e. The summed E-state index contributed by atoms with van der Waals surface area (Å²) in [5, 5.41) is 0. The minimum absolute atomic E-state index is 0.220. The molecular formula is C24H32N2O3S. The molecule has 1 fully saturated rings. The minimum Gasteiger partial charge on any atom is -0.492 e. The lowest BCUT2D eigenvalue weighted by atomic mass is 9.98. The summed E-state index contributed by atoms with van der Waals surface area (Å²) >= 11 is 1.74. The molecule has 1 aliphatic rings. The van der Waals surface area contributed by atoms with Gasteiger partial charge in [-0.05, 0) is 82.5 Å². The maximum atomic E-state index is 12.2. The first-order valence-electron chi connectivity index (χ1n) is 10.5. The molecule has 0 N–H and O–H groups in total. The molecule has 1 aromatic carbocycles. The second-order valence-corrected chi connectivity index (χ2v) is 9.66. The van der Waals surface area contributed by atoms with Crippen LogP contribution >= 0.6 is 11.8 Å². The number of ether oxygens (including phenoxy) is 2. The molecule has 0 radical (unpaired) electrons. The smallest absolute Gasteiger partial charge is 0.410 e. The van der Waals surface area contributed by atoms with E-state index in [2.05, 4.69) is 36.4 Å². The van der Waals surface area contributed by atoms with Gasteiger partial charge < -0.3 is 14.4 Å². The van der Waals surface area contributed by atoms with Gasteiger partial charge in [0.15, 0.2) is 0 Å². The monoisotopic (exact) mass is 428 g/mol. The predicted molar refractivity (Wildman–Crippen MR) is 122 cm³/mol. The molecule has 0 bridgehead atoms. The van der Waals surface area contributed by atoms with Gasteiger partial charge >= 0.3 is 6.09 Å². The third-order valence-electron chi connectivity index (χ3n) is 5.20. The highest BCUT2D eigenvalue weighted by molar-refractivity contribution is 7.98. The van der Waals surface area contributed by atoms with Crippen LogP contribution in [0.2, 0.25) is 0 Å². The van der Waals surface area contributed by atoms with Crippen LogP contribution in [0.3, 0.4) is 0 Å². The Morgan fingerprint density at radius 2 is 1.93 bits per heavy atom. The number of hydrogen-bond acceptors (Lipinski definition) is 5. The van der Waals surface area contributed by atoms with Gasteiger partial charge in [0.25, 0.3) is 0 Å². The summed E-state index contributed by atoms with van der Waals surface area (Å²) in [6.07, 6.45) is 5.51. The molecule has 162 valence electrons. The van der Waals surface area contributed by atoms with Gasteiger partial charge in [-0.3, -0.25) is 4.98 Å². The molecule has 0 aliphatic carbocycles. The van der Waals surface area contributed by atoms with Gasteiger partial charge in [0.05, 0.1) is 18.5 Å². The number of pyridine rings is 1. The lowest BCUT2D eigenvalue weighted by Gasteiger charge is -2.33. The molecule has 0 atom stereocenters. The Balaban J connectivity index is 1.49. The van der Waals surface area contributed by atoms with E-state index in [0.29, 0.717) is 25.6 Å². The van der Waals surface area contributed by atoms with Gasteiger partial charge in [-0.1, -0.05) is 6.07 Å². The van der Waals surface area contributed by atoms with Crippen LogP contribution in [0, 0.1) is 12.8 Å². The summed E-state index contributed by atoms with van der Waals surface area (Å²) in [4.78, 5) is 19.8. The number of hydrogen-bond donors (Lipinski definition) is 0. The van der Waals surface area contributed by atoms with Gasteiger partial charge in [-0.2, -0.15) is 0 Å². The molecule has 0 unspecified atom stereocenters. The first kappa shape index (κ1) is 22.5. The van der Waals surface area contributed by atoms with Gasteiger partial charge in [0.2, 0.25) is 0 Å². The molecule has 30 heavy (non-hydrogen) atoms. The number of thioether (sulfide) groups is 1. The lowest BCUT2D eigenvalue weighted by Crippen LogP contribution is -2.42. The van der Waals surface area contributed by atoms with Crippen LogP contribution in [0.25, 0.3) is 11.3 Å². The normalized spacial score (nSPS) is 15.2. The molecule has 6 heteroatoms. The molecule has 0 spiro atoms. The number of carbonyl (C=O) groups excluding carboxylic acids is 1. The Kier molecular flexibility index (Phi) is 7.29. The van der Waals surface area contributed by atoms with Crippen molar-refractivity contribution in [1.82, 2.24) is 9.88 Å². The van der Waals surface area contributed by atoms with Crippen LogP contribution < -0.4 is 4.74 Å². The Labute approximate surface area is 184 Å². The third kappa shape index (κ3) is 6.14. The molecule has 1 aromatic heterocycles. The summed E-state index contributed by atoms with van der Waals surface area (Å²) in [5.74, 6) is 1.22. The van der Waals surface area contributed by atoms with E-state index in [1.54, 1.807) is 22.9 Å². The maximum absolute atomic E-state index is 12.2. The Bertz CT molecular complexity index is 854. The van der Waals surface area contributed by atoms with Crippen LogP contribution in [-0.2, 0) is 4.74 Å². The molecule has 3 rings (SSSR count). The number of piperidine rings is 1. The number of rotatable bonds is 5. The Morgan fingerprint density at radius 1 is 1.20 bits per heavy atom. The zero-order chi connectivity index (χ0) is 21.7. The third-order valence-corrected chi connectivity index (χ3v) is 5.92. The molecule has 1 aliphatic heterocycles. The number of nitrogens with zero attached hydrogens (tertiary/aromatic N) is 2. The summed E-state index contributed by atoms with van der Waals surface area (Å²) in [7, 11) is 0. The van der Waals surface area contributed by atoms with E-state index < -0.39 is 5.60 Å². The van der Waals surface area contributed by atoms with Crippen LogP contribution in [0.4, 0.5) is 4.79 Å². The van der Waals surface area contributed by atoms with Crippen LogP contribution in [0.1, 0.15) is 39.2 Å². The first-order chi connectivity index (χ1) is 14.2. The Hall–Kier alpha value is -2.21. The van der Waals surface area contributed by atoms with Crippen molar-refractivity contribution in [1.29, 1.82) is 0 Å². The molecule has 0 saturated carbocycles. The van der Waals surface area contributed by atoms with Crippen molar-refractivity contribution in [3.8, 4) is 17.0 Å². The predicted octanol–water partition coefficient (Wildman–Crippen LogP) is 5.80. The van der Waals surface area contributed by atoms with E-state index in [-0.39, 0.29) is 6.09 Å². The lowest BCUT2D eigenvalue weighted by molar-refractivity contribution is 0.0165. The van der Waals surface area contributed by atoms with Crippen molar-refractivity contribution in [2.45, 2.75) is 51.0 Å². The zero-order valence-electron chi connectivity index (χ0n) is 18.6. The van der Waals surface area contributed by atoms with Crippen LogP contribution in [0.5, 0.6) is 5.75 Å². The second kappa shape index (κ2) is 9.73. The molecule has 2 heterocycles. The topological polar surface area (TPSA) is 51.7 Å². The molecular weight excluding hydrogens is 396 g/mol.